The number of nitriles is 1. The van der Waals surface area contributed by atoms with E-state index in [0.717, 1.165) is 22.4 Å². The molecule has 30 heavy (non-hydrogen) atoms. The summed E-state index contributed by atoms with van der Waals surface area (Å²) in [5, 5.41) is 26.9. The fraction of sp³-hybridized carbons (Fsp3) is 0.182. The van der Waals surface area contributed by atoms with Crippen molar-refractivity contribution in [3.63, 3.8) is 0 Å². The third kappa shape index (κ3) is 3.83. The average molecular weight is 419 g/mol. The molecule has 4 aromatic rings. The van der Waals surface area contributed by atoms with E-state index in [0.29, 0.717) is 27.9 Å². The molecule has 0 aliphatic heterocycles. The van der Waals surface area contributed by atoms with Crippen molar-refractivity contribution in [2.24, 2.45) is 0 Å². The molecule has 0 amide bonds. The Kier molecular flexibility index (Phi) is 5.36. The average Bonchev–Trinajstić information content (AvgIpc) is 3.12. The minimum Gasteiger partial charge on any atom is -0.394 e. The Bertz CT molecular complexity index is 1260. The molecule has 0 fully saturated rings. The van der Waals surface area contributed by atoms with Gasteiger partial charge in [0.05, 0.1) is 23.8 Å². The van der Waals surface area contributed by atoms with Gasteiger partial charge in [0.15, 0.2) is 5.65 Å². The molecule has 1 unspecified atom stereocenters. The Labute approximate surface area is 178 Å². The number of aromatic nitrogens is 4. The second-order valence-corrected chi connectivity index (χ2v) is 7.43. The SMILES string of the molecule is Cc1cc(-c2c(-c3cccc(C#N)c3)nn3ccc(NC(C)CO)nc23)cc(Cl)n1. The number of pyridine rings is 1. The van der Waals surface area contributed by atoms with Crippen LogP contribution in [0.4, 0.5) is 5.82 Å². The fourth-order valence-electron chi connectivity index (χ4n) is 3.28. The highest BCUT2D eigenvalue weighted by Gasteiger charge is 2.19. The monoisotopic (exact) mass is 418 g/mol. The highest BCUT2D eigenvalue weighted by molar-refractivity contribution is 6.29. The highest BCUT2D eigenvalue weighted by Crippen LogP contribution is 2.36. The van der Waals surface area contributed by atoms with Crippen molar-refractivity contribution in [3.8, 4) is 28.5 Å². The molecule has 2 N–H and O–H groups in total. The number of aliphatic hydroxyl groups is 1. The maximum atomic E-state index is 9.35. The molecule has 3 heterocycles. The topological polar surface area (TPSA) is 99.1 Å². The summed E-state index contributed by atoms with van der Waals surface area (Å²) in [6, 6.07) is 14.8. The molecule has 4 rings (SSSR count). The highest BCUT2D eigenvalue weighted by atomic mass is 35.5. The second kappa shape index (κ2) is 8.11. The molecule has 0 spiro atoms. The van der Waals surface area contributed by atoms with E-state index >= 15 is 0 Å². The zero-order valence-corrected chi connectivity index (χ0v) is 17.2. The van der Waals surface area contributed by atoms with Crippen LogP contribution in [-0.4, -0.2) is 37.3 Å². The lowest BCUT2D eigenvalue weighted by Crippen LogP contribution is -2.20. The van der Waals surface area contributed by atoms with Crippen molar-refractivity contribution in [1.82, 2.24) is 19.6 Å². The number of aliphatic hydroxyl groups excluding tert-OH is 1. The van der Waals surface area contributed by atoms with Crippen LogP contribution >= 0.6 is 11.6 Å². The molecule has 0 aliphatic rings. The molecule has 0 aliphatic carbocycles. The number of aryl methyl sites for hydroxylation is 1. The molecule has 150 valence electrons. The lowest BCUT2D eigenvalue weighted by molar-refractivity contribution is 0.281. The van der Waals surface area contributed by atoms with Gasteiger partial charge in [-0.2, -0.15) is 10.4 Å². The summed E-state index contributed by atoms with van der Waals surface area (Å²) >= 11 is 6.24. The first-order chi connectivity index (χ1) is 14.5. The first-order valence-electron chi connectivity index (χ1n) is 9.40. The lowest BCUT2D eigenvalue weighted by atomic mass is 10.00. The summed E-state index contributed by atoms with van der Waals surface area (Å²) in [4.78, 5) is 8.99. The predicted octanol–water partition coefficient (Wildman–Crippen LogP) is 4.08. The largest absolute Gasteiger partial charge is 0.394 e. The van der Waals surface area contributed by atoms with Crippen molar-refractivity contribution in [1.29, 1.82) is 5.26 Å². The summed E-state index contributed by atoms with van der Waals surface area (Å²) in [6.07, 6.45) is 1.81. The van der Waals surface area contributed by atoms with Crippen LogP contribution in [0.15, 0.2) is 48.7 Å². The van der Waals surface area contributed by atoms with Crippen LogP contribution in [0.25, 0.3) is 28.0 Å². The van der Waals surface area contributed by atoms with Crippen molar-refractivity contribution < 1.29 is 5.11 Å². The van der Waals surface area contributed by atoms with Gasteiger partial charge in [0.25, 0.3) is 0 Å². The maximum absolute atomic E-state index is 9.35. The first-order valence-corrected chi connectivity index (χ1v) is 9.78. The number of hydrogen-bond donors (Lipinski definition) is 2. The molecule has 0 saturated carbocycles. The van der Waals surface area contributed by atoms with Crippen LogP contribution in [0, 0.1) is 18.3 Å². The minimum atomic E-state index is -0.143. The molecular formula is C22H19ClN6O. The van der Waals surface area contributed by atoms with E-state index in [4.69, 9.17) is 21.7 Å². The Morgan fingerprint density at radius 1 is 1.20 bits per heavy atom. The fourth-order valence-corrected chi connectivity index (χ4v) is 3.53. The van der Waals surface area contributed by atoms with E-state index < -0.39 is 0 Å². The van der Waals surface area contributed by atoms with Crippen LogP contribution < -0.4 is 5.32 Å². The van der Waals surface area contributed by atoms with E-state index in [1.54, 1.807) is 28.8 Å². The van der Waals surface area contributed by atoms with Crippen LogP contribution in [0.5, 0.6) is 0 Å². The normalized spacial score (nSPS) is 12.0. The number of nitrogens with one attached hydrogen (secondary N) is 1. The van der Waals surface area contributed by atoms with Crippen LogP contribution in [0.1, 0.15) is 18.2 Å². The van der Waals surface area contributed by atoms with Crippen molar-refractivity contribution in [2.75, 3.05) is 11.9 Å². The molecule has 0 radical (unpaired) electrons. The number of hydrogen-bond acceptors (Lipinski definition) is 6. The van der Waals surface area contributed by atoms with Crippen LogP contribution in [0.2, 0.25) is 5.15 Å². The van der Waals surface area contributed by atoms with Gasteiger partial charge in [0.2, 0.25) is 0 Å². The van der Waals surface area contributed by atoms with Gasteiger partial charge in [-0.1, -0.05) is 23.7 Å². The van der Waals surface area contributed by atoms with Gasteiger partial charge in [-0.3, -0.25) is 0 Å². The third-order valence-corrected chi connectivity index (χ3v) is 4.82. The van der Waals surface area contributed by atoms with Crippen molar-refractivity contribution in [2.45, 2.75) is 19.9 Å². The Balaban J connectivity index is 1.99. The number of anilines is 1. The van der Waals surface area contributed by atoms with Crippen molar-refractivity contribution in [3.05, 3.63) is 65.1 Å². The molecule has 1 atom stereocenters. The lowest BCUT2D eigenvalue weighted by Gasteiger charge is -2.11. The smallest absolute Gasteiger partial charge is 0.165 e. The summed E-state index contributed by atoms with van der Waals surface area (Å²) < 4.78 is 1.70. The second-order valence-electron chi connectivity index (χ2n) is 7.05. The van der Waals surface area contributed by atoms with Gasteiger partial charge in [0, 0.05) is 23.5 Å². The maximum Gasteiger partial charge on any atom is 0.165 e. The zero-order valence-electron chi connectivity index (χ0n) is 16.5. The van der Waals surface area contributed by atoms with Gasteiger partial charge in [-0.05, 0) is 49.7 Å². The summed E-state index contributed by atoms with van der Waals surface area (Å²) in [5.74, 6) is 0.624. The minimum absolute atomic E-state index is 0.00958. The number of rotatable bonds is 5. The molecule has 0 bridgehead atoms. The summed E-state index contributed by atoms with van der Waals surface area (Å²) in [6.45, 7) is 3.73. The molecule has 0 saturated heterocycles. The molecular weight excluding hydrogens is 400 g/mol. The van der Waals surface area contributed by atoms with E-state index in [9.17, 15) is 10.4 Å². The molecule has 3 aromatic heterocycles. The standard InChI is InChI=1S/C22H19ClN6O/c1-13-8-17(10-18(23)25-13)20-21(16-5-3-4-15(9-16)11-24)28-29-7-6-19(27-22(20)29)26-14(2)12-30/h3-10,14,30H,12H2,1-2H3,(H,26,27). The number of halogens is 1. The van der Waals surface area contributed by atoms with E-state index in [2.05, 4.69) is 16.4 Å². The number of fused-ring (bicyclic) bond motifs is 1. The molecule has 1 aromatic carbocycles. The van der Waals surface area contributed by atoms with Gasteiger partial charge in [-0.15, -0.1) is 0 Å². The van der Waals surface area contributed by atoms with Gasteiger partial charge in [0.1, 0.15) is 16.7 Å². The summed E-state index contributed by atoms with van der Waals surface area (Å²) in [7, 11) is 0. The predicted molar refractivity (Wildman–Crippen MR) is 116 cm³/mol. The van der Waals surface area contributed by atoms with Crippen molar-refractivity contribution >= 4 is 23.1 Å². The van der Waals surface area contributed by atoms with Gasteiger partial charge in [-0.25, -0.2) is 14.5 Å². The molecule has 7 nitrogen and oxygen atoms in total. The van der Waals surface area contributed by atoms with Gasteiger partial charge >= 0.3 is 0 Å². The summed E-state index contributed by atoms with van der Waals surface area (Å²) in [5.41, 5.74) is 5.07. The van der Waals surface area contributed by atoms with E-state index in [1.165, 1.54) is 0 Å². The van der Waals surface area contributed by atoms with E-state index in [1.807, 2.05) is 38.2 Å². The Hall–Kier alpha value is -3.47. The number of benzene rings is 1. The number of nitrogens with zero attached hydrogens (tertiary/aromatic N) is 5. The Morgan fingerprint density at radius 3 is 2.77 bits per heavy atom. The zero-order chi connectivity index (χ0) is 21.3. The first kappa shape index (κ1) is 19.8. The van der Waals surface area contributed by atoms with Gasteiger partial charge < -0.3 is 10.4 Å². The third-order valence-electron chi connectivity index (χ3n) is 4.63. The quantitative estimate of drug-likeness (QED) is 0.474. The Morgan fingerprint density at radius 2 is 2.03 bits per heavy atom. The molecule has 8 heteroatoms. The van der Waals surface area contributed by atoms with Crippen LogP contribution in [0.3, 0.4) is 0 Å². The van der Waals surface area contributed by atoms with Crippen LogP contribution in [-0.2, 0) is 0 Å². The van der Waals surface area contributed by atoms with E-state index in [-0.39, 0.29) is 12.6 Å².